The number of rotatable bonds is 7. The van der Waals surface area contributed by atoms with Gasteiger partial charge in [-0.25, -0.2) is 0 Å². The van der Waals surface area contributed by atoms with Crippen molar-refractivity contribution in [3.8, 4) is 0 Å². The van der Waals surface area contributed by atoms with Gasteiger partial charge in [0.15, 0.2) is 0 Å². The van der Waals surface area contributed by atoms with Gasteiger partial charge in [-0.2, -0.15) is 0 Å². The first kappa shape index (κ1) is 16.2. The lowest BCUT2D eigenvalue weighted by Gasteiger charge is -2.25. The highest BCUT2D eigenvalue weighted by molar-refractivity contribution is 5.95. The van der Waals surface area contributed by atoms with Crippen LogP contribution in [0.15, 0.2) is 24.3 Å². The molecule has 20 heavy (non-hydrogen) atoms. The van der Waals surface area contributed by atoms with E-state index in [-0.39, 0.29) is 12.5 Å². The molecule has 1 atom stereocenters. The monoisotopic (exact) mass is 279 g/mol. The number of methoxy groups -OCH3 is 1. The van der Waals surface area contributed by atoms with Crippen LogP contribution in [0.25, 0.3) is 0 Å². The van der Waals surface area contributed by atoms with Crippen LogP contribution in [0, 0.1) is 12.8 Å². The zero-order valence-corrected chi connectivity index (χ0v) is 12.1. The minimum Gasteiger partial charge on any atom is -0.481 e. The lowest BCUT2D eigenvalue weighted by atomic mass is 10.1. The van der Waals surface area contributed by atoms with Gasteiger partial charge in [0.05, 0.1) is 12.5 Å². The van der Waals surface area contributed by atoms with Crippen molar-refractivity contribution < 1.29 is 19.4 Å². The first-order valence-corrected chi connectivity index (χ1v) is 6.54. The molecule has 1 rings (SSSR count). The fourth-order valence-corrected chi connectivity index (χ4v) is 1.87. The minimum atomic E-state index is -0.912. The van der Waals surface area contributed by atoms with Crippen molar-refractivity contribution in [1.82, 2.24) is 4.90 Å². The van der Waals surface area contributed by atoms with Crippen molar-refractivity contribution in [3.63, 3.8) is 0 Å². The summed E-state index contributed by atoms with van der Waals surface area (Å²) in [4.78, 5) is 25.0. The number of carbonyl (C=O) groups is 2. The van der Waals surface area contributed by atoms with Crippen LogP contribution < -0.4 is 0 Å². The third-order valence-electron chi connectivity index (χ3n) is 3.14. The molecule has 0 heterocycles. The van der Waals surface area contributed by atoms with Gasteiger partial charge in [0.1, 0.15) is 0 Å². The summed E-state index contributed by atoms with van der Waals surface area (Å²) in [5.74, 6) is -1.68. The zero-order chi connectivity index (χ0) is 15.1. The molecule has 0 fully saturated rings. The van der Waals surface area contributed by atoms with Gasteiger partial charge in [0, 0.05) is 25.8 Å². The van der Waals surface area contributed by atoms with Crippen LogP contribution in [0.5, 0.6) is 0 Å². The molecular formula is C15H21NO4. The van der Waals surface area contributed by atoms with E-state index in [1.807, 2.05) is 19.1 Å². The summed E-state index contributed by atoms with van der Waals surface area (Å²) < 4.78 is 4.99. The summed E-state index contributed by atoms with van der Waals surface area (Å²) in [6.07, 6.45) is 0. The number of ether oxygens (including phenoxy) is 1. The van der Waals surface area contributed by atoms with E-state index >= 15 is 0 Å². The summed E-state index contributed by atoms with van der Waals surface area (Å²) in [5, 5.41) is 8.99. The Morgan fingerprint density at radius 2 is 2.00 bits per heavy atom. The van der Waals surface area contributed by atoms with Crippen molar-refractivity contribution >= 4 is 11.9 Å². The van der Waals surface area contributed by atoms with Crippen LogP contribution in [0.4, 0.5) is 0 Å². The van der Waals surface area contributed by atoms with Crippen molar-refractivity contribution in [1.29, 1.82) is 0 Å². The Balaban J connectivity index is 2.89. The quantitative estimate of drug-likeness (QED) is 0.826. The molecule has 1 amide bonds. The van der Waals surface area contributed by atoms with E-state index in [0.717, 1.165) is 5.56 Å². The maximum atomic E-state index is 12.5. The largest absolute Gasteiger partial charge is 0.481 e. The number of aliphatic carboxylic acids is 1. The number of nitrogens with zero attached hydrogens (tertiary/aromatic N) is 1. The average Bonchev–Trinajstić information content (AvgIpc) is 2.42. The average molecular weight is 279 g/mol. The topological polar surface area (TPSA) is 66.8 Å². The van der Waals surface area contributed by atoms with Crippen LogP contribution in [0.1, 0.15) is 22.8 Å². The summed E-state index contributed by atoms with van der Waals surface area (Å²) in [7, 11) is 1.55. The van der Waals surface area contributed by atoms with Gasteiger partial charge < -0.3 is 14.7 Å². The maximum Gasteiger partial charge on any atom is 0.308 e. The number of carboxylic acid groups (broad SMARTS) is 1. The number of aryl methyl sites for hydroxylation is 1. The first-order valence-electron chi connectivity index (χ1n) is 6.54. The molecule has 0 bridgehead atoms. The lowest BCUT2D eigenvalue weighted by Crippen LogP contribution is -2.39. The van der Waals surface area contributed by atoms with Crippen molar-refractivity contribution in [2.75, 3.05) is 26.8 Å². The SMILES string of the molecule is COCCN(CC(C)C(=O)O)C(=O)c1ccccc1C. The van der Waals surface area contributed by atoms with Gasteiger partial charge in [-0.1, -0.05) is 25.1 Å². The molecule has 0 aromatic heterocycles. The number of carboxylic acids is 1. The van der Waals surface area contributed by atoms with E-state index in [1.165, 1.54) is 4.90 Å². The van der Waals surface area contributed by atoms with E-state index in [2.05, 4.69) is 0 Å². The highest BCUT2D eigenvalue weighted by Crippen LogP contribution is 2.12. The predicted octanol–water partition coefficient (Wildman–Crippen LogP) is 1.80. The smallest absolute Gasteiger partial charge is 0.308 e. The van der Waals surface area contributed by atoms with Crippen LogP contribution >= 0.6 is 0 Å². The highest BCUT2D eigenvalue weighted by atomic mass is 16.5. The molecule has 1 N–H and O–H groups in total. The van der Waals surface area contributed by atoms with Crippen LogP contribution in [-0.4, -0.2) is 48.7 Å². The number of carbonyl (C=O) groups excluding carboxylic acids is 1. The van der Waals surface area contributed by atoms with E-state index < -0.39 is 11.9 Å². The molecule has 0 aliphatic heterocycles. The maximum absolute atomic E-state index is 12.5. The molecule has 0 aliphatic carbocycles. The van der Waals surface area contributed by atoms with Crippen LogP contribution in [-0.2, 0) is 9.53 Å². The summed E-state index contributed by atoms with van der Waals surface area (Å²) in [5.41, 5.74) is 1.48. The van der Waals surface area contributed by atoms with Gasteiger partial charge in [0.25, 0.3) is 5.91 Å². The fraction of sp³-hybridized carbons (Fsp3) is 0.467. The highest BCUT2D eigenvalue weighted by Gasteiger charge is 2.22. The van der Waals surface area contributed by atoms with Crippen molar-refractivity contribution in [2.45, 2.75) is 13.8 Å². The molecule has 1 aromatic rings. The lowest BCUT2D eigenvalue weighted by molar-refractivity contribution is -0.141. The molecule has 1 aromatic carbocycles. The predicted molar refractivity (Wildman–Crippen MR) is 75.8 cm³/mol. The summed E-state index contributed by atoms with van der Waals surface area (Å²) >= 11 is 0. The normalized spacial score (nSPS) is 11.9. The molecule has 0 aliphatic rings. The third-order valence-corrected chi connectivity index (χ3v) is 3.14. The van der Waals surface area contributed by atoms with Gasteiger partial charge in [0.2, 0.25) is 0 Å². The fourth-order valence-electron chi connectivity index (χ4n) is 1.87. The number of hydrogen-bond acceptors (Lipinski definition) is 3. The van der Waals surface area contributed by atoms with E-state index in [1.54, 1.807) is 26.2 Å². The number of amides is 1. The van der Waals surface area contributed by atoms with Crippen LogP contribution in [0.2, 0.25) is 0 Å². The second-order valence-electron chi connectivity index (χ2n) is 4.80. The van der Waals surface area contributed by atoms with Gasteiger partial charge in [-0.15, -0.1) is 0 Å². The van der Waals surface area contributed by atoms with Crippen molar-refractivity contribution in [2.24, 2.45) is 5.92 Å². The van der Waals surface area contributed by atoms with E-state index in [9.17, 15) is 9.59 Å². The summed E-state index contributed by atoms with van der Waals surface area (Å²) in [6.45, 7) is 4.38. The second-order valence-corrected chi connectivity index (χ2v) is 4.80. The molecular weight excluding hydrogens is 258 g/mol. The Labute approximate surface area is 119 Å². The van der Waals surface area contributed by atoms with E-state index in [0.29, 0.717) is 18.7 Å². The molecule has 0 saturated carbocycles. The molecule has 1 unspecified atom stereocenters. The van der Waals surface area contributed by atoms with E-state index in [4.69, 9.17) is 9.84 Å². The Morgan fingerprint density at radius 3 is 2.55 bits per heavy atom. The van der Waals surface area contributed by atoms with Gasteiger partial charge >= 0.3 is 5.97 Å². The Kier molecular flexibility index (Phi) is 6.18. The molecule has 5 heteroatoms. The minimum absolute atomic E-state index is 0.159. The Morgan fingerprint density at radius 1 is 1.35 bits per heavy atom. The van der Waals surface area contributed by atoms with Gasteiger partial charge in [-0.05, 0) is 18.6 Å². The Bertz CT molecular complexity index is 473. The molecule has 0 radical (unpaired) electrons. The summed E-state index contributed by atoms with van der Waals surface area (Å²) in [6, 6.07) is 7.28. The van der Waals surface area contributed by atoms with Crippen LogP contribution in [0.3, 0.4) is 0 Å². The Hall–Kier alpha value is -1.88. The second kappa shape index (κ2) is 7.65. The van der Waals surface area contributed by atoms with Crippen molar-refractivity contribution in [3.05, 3.63) is 35.4 Å². The number of benzene rings is 1. The molecule has 110 valence electrons. The third kappa shape index (κ3) is 4.35. The molecule has 0 spiro atoms. The van der Waals surface area contributed by atoms with Gasteiger partial charge in [-0.3, -0.25) is 9.59 Å². The molecule has 0 saturated heterocycles. The number of hydrogen-bond donors (Lipinski definition) is 1. The standard InChI is InChI=1S/C15H21NO4/c1-11-6-4-5-7-13(11)14(17)16(8-9-20-3)10-12(2)15(18)19/h4-7,12H,8-10H2,1-3H3,(H,18,19). The first-order chi connectivity index (χ1) is 9.47. The molecule has 5 nitrogen and oxygen atoms in total. The zero-order valence-electron chi connectivity index (χ0n) is 12.1.